The van der Waals surface area contributed by atoms with Crippen LogP contribution in [0.15, 0.2) is 23.2 Å². The van der Waals surface area contributed by atoms with Crippen molar-refractivity contribution in [3.8, 4) is 5.88 Å². The standard InChI is InChI=1S/C12H15F3N2O5S/c1-2-3-9(11(18)19)17-23(20,21)8-4-5-10(16-6-8)22-7-12(13,14)15/h4-6,9,17H,2-3,7H2,1H3,(H,18,19). The predicted molar refractivity (Wildman–Crippen MR) is 72.4 cm³/mol. The minimum absolute atomic E-state index is 0.0920. The first-order chi connectivity index (χ1) is 10.5. The van der Waals surface area contributed by atoms with Gasteiger partial charge in [-0.1, -0.05) is 13.3 Å². The minimum atomic E-state index is -4.54. The van der Waals surface area contributed by atoms with Gasteiger partial charge in [-0.05, 0) is 12.5 Å². The molecule has 1 rings (SSSR count). The molecule has 0 spiro atoms. The first-order valence-electron chi connectivity index (χ1n) is 6.46. The number of nitrogens with zero attached hydrogens (tertiary/aromatic N) is 1. The molecule has 0 fully saturated rings. The number of hydrogen-bond donors (Lipinski definition) is 2. The quantitative estimate of drug-likeness (QED) is 0.732. The number of sulfonamides is 1. The molecule has 130 valence electrons. The van der Waals surface area contributed by atoms with Crippen molar-refractivity contribution in [3.05, 3.63) is 18.3 Å². The van der Waals surface area contributed by atoms with Crippen LogP contribution < -0.4 is 9.46 Å². The molecule has 1 heterocycles. The number of carboxylic acid groups (broad SMARTS) is 1. The van der Waals surface area contributed by atoms with Crippen LogP contribution in [-0.2, 0) is 14.8 Å². The molecule has 11 heteroatoms. The topological polar surface area (TPSA) is 106 Å². The van der Waals surface area contributed by atoms with Crippen LogP contribution in [0, 0.1) is 0 Å². The van der Waals surface area contributed by atoms with Crippen LogP contribution in [0.4, 0.5) is 13.2 Å². The summed E-state index contributed by atoms with van der Waals surface area (Å²) in [7, 11) is -4.16. The Hall–Kier alpha value is -1.88. The SMILES string of the molecule is CCCC(NS(=O)(=O)c1ccc(OCC(F)(F)F)nc1)C(=O)O. The third-order valence-corrected chi connectivity index (χ3v) is 4.03. The van der Waals surface area contributed by atoms with Gasteiger partial charge in [-0.25, -0.2) is 13.4 Å². The van der Waals surface area contributed by atoms with Crippen LogP contribution in [0.1, 0.15) is 19.8 Å². The van der Waals surface area contributed by atoms with Crippen LogP contribution >= 0.6 is 0 Å². The van der Waals surface area contributed by atoms with Crippen LogP contribution in [0.2, 0.25) is 0 Å². The summed E-state index contributed by atoms with van der Waals surface area (Å²) in [6, 6.07) is 0.632. The fraction of sp³-hybridized carbons (Fsp3) is 0.500. The van der Waals surface area contributed by atoms with Crippen LogP contribution in [0.5, 0.6) is 5.88 Å². The molecule has 0 bridgehead atoms. The van der Waals surface area contributed by atoms with Gasteiger partial charge in [0, 0.05) is 6.07 Å². The molecule has 0 aliphatic heterocycles. The van der Waals surface area contributed by atoms with E-state index in [1.807, 2.05) is 4.72 Å². The van der Waals surface area contributed by atoms with Crippen molar-refractivity contribution in [2.45, 2.75) is 36.9 Å². The third kappa shape index (κ3) is 6.40. The lowest BCUT2D eigenvalue weighted by Gasteiger charge is -2.14. The van der Waals surface area contributed by atoms with E-state index in [0.717, 1.165) is 18.3 Å². The molecule has 23 heavy (non-hydrogen) atoms. The monoisotopic (exact) mass is 356 g/mol. The Kier molecular flexibility index (Phi) is 6.33. The van der Waals surface area contributed by atoms with Gasteiger partial charge in [0.25, 0.3) is 0 Å². The lowest BCUT2D eigenvalue weighted by atomic mass is 10.2. The van der Waals surface area contributed by atoms with Crippen molar-refractivity contribution >= 4 is 16.0 Å². The van der Waals surface area contributed by atoms with Crippen molar-refractivity contribution in [1.29, 1.82) is 0 Å². The van der Waals surface area contributed by atoms with Gasteiger partial charge in [0.2, 0.25) is 15.9 Å². The van der Waals surface area contributed by atoms with Crippen molar-refractivity contribution in [2.75, 3.05) is 6.61 Å². The van der Waals surface area contributed by atoms with Gasteiger partial charge in [0.05, 0.1) is 6.20 Å². The smallest absolute Gasteiger partial charge is 0.422 e. The van der Waals surface area contributed by atoms with Crippen molar-refractivity contribution in [1.82, 2.24) is 9.71 Å². The second kappa shape index (κ2) is 7.59. The zero-order valence-electron chi connectivity index (χ0n) is 12.0. The molecule has 1 atom stereocenters. The maximum atomic E-state index is 12.0. The predicted octanol–water partition coefficient (Wildman–Crippen LogP) is 1.55. The van der Waals surface area contributed by atoms with E-state index >= 15 is 0 Å². The average molecular weight is 356 g/mol. The fourth-order valence-electron chi connectivity index (χ4n) is 1.54. The minimum Gasteiger partial charge on any atom is -0.480 e. The van der Waals surface area contributed by atoms with Crippen molar-refractivity contribution in [2.24, 2.45) is 0 Å². The van der Waals surface area contributed by atoms with E-state index in [9.17, 15) is 26.4 Å². The lowest BCUT2D eigenvalue weighted by Crippen LogP contribution is -2.40. The summed E-state index contributed by atoms with van der Waals surface area (Å²) in [5.74, 6) is -1.72. The summed E-state index contributed by atoms with van der Waals surface area (Å²) in [4.78, 5) is 14.0. The Morgan fingerprint density at radius 1 is 1.43 bits per heavy atom. The average Bonchev–Trinajstić information content (AvgIpc) is 2.44. The number of alkyl halides is 3. The van der Waals surface area contributed by atoms with E-state index in [0.29, 0.717) is 6.42 Å². The first-order valence-corrected chi connectivity index (χ1v) is 7.94. The normalized spacial score (nSPS) is 13.6. The number of aliphatic carboxylic acids is 1. The van der Waals surface area contributed by atoms with Gasteiger partial charge in [-0.2, -0.15) is 17.9 Å². The van der Waals surface area contributed by atoms with E-state index in [-0.39, 0.29) is 11.3 Å². The molecule has 1 aromatic rings. The van der Waals surface area contributed by atoms with Gasteiger partial charge >= 0.3 is 12.1 Å². The zero-order valence-corrected chi connectivity index (χ0v) is 12.8. The van der Waals surface area contributed by atoms with Crippen molar-refractivity contribution < 1.29 is 36.2 Å². The number of pyridine rings is 1. The first kappa shape index (κ1) is 19.2. The van der Waals surface area contributed by atoms with E-state index in [4.69, 9.17) is 5.11 Å². The highest BCUT2D eigenvalue weighted by atomic mass is 32.2. The van der Waals surface area contributed by atoms with Gasteiger partial charge in [-0.15, -0.1) is 0 Å². The fourth-order valence-corrected chi connectivity index (χ4v) is 2.71. The molecule has 0 aliphatic carbocycles. The molecule has 0 amide bonds. The summed E-state index contributed by atoms with van der Waals surface area (Å²) in [6.45, 7) is 0.139. The summed E-state index contributed by atoms with van der Waals surface area (Å²) < 4.78 is 66.3. The Labute approximate surface area is 130 Å². The second-order valence-corrected chi connectivity index (χ2v) is 6.25. The molecular formula is C12H15F3N2O5S. The van der Waals surface area contributed by atoms with Crippen LogP contribution in [0.3, 0.4) is 0 Å². The number of halogens is 3. The molecule has 0 saturated heterocycles. The molecule has 0 aliphatic rings. The molecule has 7 nitrogen and oxygen atoms in total. The molecule has 1 unspecified atom stereocenters. The molecule has 0 radical (unpaired) electrons. The molecule has 1 aromatic heterocycles. The number of carbonyl (C=O) groups is 1. The number of nitrogens with one attached hydrogen (secondary N) is 1. The van der Waals surface area contributed by atoms with E-state index in [1.54, 1.807) is 6.92 Å². The maximum absolute atomic E-state index is 12.0. The van der Waals surface area contributed by atoms with E-state index < -0.39 is 40.7 Å². The number of aromatic nitrogens is 1. The number of carboxylic acids is 1. The largest absolute Gasteiger partial charge is 0.480 e. The molecule has 0 saturated carbocycles. The summed E-state index contributed by atoms with van der Waals surface area (Å²) in [5.41, 5.74) is 0. The van der Waals surface area contributed by atoms with Crippen LogP contribution in [0.25, 0.3) is 0 Å². The molecular weight excluding hydrogens is 341 g/mol. The highest BCUT2D eigenvalue weighted by molar-refractivity contribution is 7.89. The highest BCUT2D eigenvalue weighted by Gasteiger charge is 2.29. The van der Waals surface area contributed by atoms with Gasteiger partial charge in [-0.3, -0.25) is 4.79 Å². The Balaban J connectivity index is 2.83. The van der Waals surface area contributed by atoms with Gasteiger partial charge < -0.3 is 9.84 Å². The van der Waals surface area contributed by atoms with Gasteiger partial charge in [0.15, 0.2) is 6.61 Å². The van der Waals surface area contributed by atoms with Gasteiger partial charge in [0.1, 0.15) is 10.9 Å². The number of ether oxygens (including phenoxy) is 1. The van der Waals surface area contributed by atoms with Crippen LogP contribution in [-0.4, -0.2) is 43.3 Å². The Morgan fingerprint density at radius 2 is 2.09 bits per heavy atom. The highest BCUT2D eigenvalue weighted by Crippen LogP contribution is 2.18. The zero-order chi connectivity index (χ0) is 17.7. The van der Waals surface area contributed by atoms with E-state index in [1.165, 1.54) is 0 Å². The molecule has 0 aromatic carbocycles. The number of hydrogen-bond acceptors (Lipinski definition) is 5. The summed E-state index contributed by atoms with van der Waals surface area (Å²) in [5, 5.41) is 8.94. The third-order valence-electron chi connectivity index (χ3n) is 2.58. The number of rotatable bonds is 8. The van der Waals surface area contributed by atoms with Crippen molar-refractivity contribution in [3.63, 3.8) is 0 Å². The summed E-state index contributed by atoms with van der Waals surface area (Å²) in [6.07, 6.45) is -3.21. The second-order valence-electron chi connectivity index (χ2n) is 4.54. The molecule has 2 N–H and O–H groups in total. The summed E-state index contributed by atoms with van der Waals surface area (Å²) >= 11 is 0. The maximum Gasteiger partial charge on any atom is 0.422 e. The van der Waals surface area contributed by atoms with E-state index in [2.05, 4.69) is 9.72 Å². The lowest BCUT2D eigenvalue weighted by molar-refractivity contribution is -0.154. The Bertz CT molecular complexity index is 631. The Morgan fingerprint density at radius 3 is 2.52 bits per heavy atom.